The monoisotopic (exact) mass is 700 g/mol. The quantitative estimate of drug-likeness (QED) is 0.0932. The number of terminal acetylenes is 1. The van der Waals surface area contributed by atoms with E-state index in [9.17, 15) is 28.8 Å². The molecule has 5 N–H and O–H groups in total. The highest BCUT2D eigenvalue weighted by molar-refractivity contribution is 6.38. The summed E-state index contributed by atoms with van der Waals surface area (Å²) in [6, 6.07) is -4.23. The van der Waals surface area contributed by atoms with Crippen LogP contribution in [0.5, 0.6) is 0 Å². The third kappa shape index (κ3) is 11.8. The molecule has 5 atom stereocenters. The number of ether oxygens (including phenoxy) is 1. The highest BCUT2D eigenvalue weighted by Gasteiger charge is 2.50. The zero-order chi connectivity index (χ0) is 37.6. The van der Waals surface area contributed by atoms with E-state index in [1.807, 2.05) is 41.5 Å². The van der Waals surface area contributed by atoms with Crippen LogP contribution in [0.4, 0.5) is 9.59 Å². The van der Waals surface area contributed by atoms with Crippen molar-refractivity contribution in [2.45, 2.75) is 124 Å². The number of likely N-dealkylation sites (tertiary alicyclic amines) is 1. The van der Waals surface area contributed by atoms with Crippen molar-refractivity contribution in [2.24, 2.45) is 22.7 Å². The predicted octanol–water partition coefficient (Wildman–Crippen LogP) is 3.43. The molecule has 1 heterocycles. The van der Waals surface area contributed by atoms with Crippen LogP contribution in [0.25, 0.3) is 0 Å². The summed E-state index contributed by atoms with van der Waals surface area (Å²) < 4.78 is 5.35. The Balaban J connectivity index is 2.42. The maximum atomic E-state index is 14.7. The summed E-state index contributed by atoms with van der Waals surface area (Å²) in [5.74, 6) is -0.388. The first kappa shape index (κ1) is 42.1. The molecule has 0 spiro atoms. The Kier molecular flexibility index (Phi) is 16.3. The fourth-order valence-electron chi connectivity index (χ4n) is 6.80. The molecule has 0 bridgehead atoms. The lowest BCUT2D eigenvalue weighted by molar-refractivity contribution is -0.145. The van der Waals surface area contributed by atoms with Gasteiger partial charge in [0, 0.05) is 26.1 Å². The van der Waals surface area contributed by atoms with Crippen LogP contribution >= 0.6 is 0 Å². The van der Waals surface area contributed by atoms with Crippen molar-refractivity contribution in [3.05, 3.63) is 12.7 Å². The number of rotatable bonds is 16. The molecular weight excluding hydrogens is 640 g/mol. The summed E-state index contributed by atoms with van der Waals surface area (Å²) in [6.45, 7) is 17.7. The molecule has 13 heteroatoms. The van der Waals surface area contributed by atoms with Gasteiger partial charge in [-0.15, -0.1) is 18.9 Å². The molecule has 2 fully saturated rings. The van der Waals surface area contributed by atoms with E-state index in [0.717, 1.165) is 19.3 Å². The minimum atomic E-state index is -1.18. The number of Topliss-reactive ketones (excluding diaryl/α,β-unsaturated/α-hetero) is 1. The number of carbonyl (C=O) groups is 6. The number of nitrogens with one attached hydrogen (secondary N) is 5. The molecule has 280 valence electrons. The van der Waals surface area contributed by atoms with E-state index in [1.165, 1.54) is 11.0 Å². The normalized spacial score (nSPS) is 20.3. The van der Waals surface area contributed by atoms with Gasteiger partial charge in [0.15, 0.2) is 0 Å². The molecule has 6 amide bonds. The molecule has 50 heavy (non-hydrogen) atoms. The van der Waals surface area contributed by atoms with Crippen molar-refractivity contribution in [3.8, 4) is 12.3 Å². The van der Waals surface area contributed by atoms with Crippen LogP contribution in [-0.4, -0.2) is 90.9 Å². The number of hydrogen-bond acceptors (Lipinski definition) is 7. The lowest BCUT2D eigenvalue weighted by Crippen LogP contribution is -2.63. The van der Waals surface area contributed by atoms with Crippen molar-refractivity contribution in [1.82, 2.24) is 31.5 Å². The highest BCUT2D eigenvalue weighted by Crippen LogP contribution is 2.41. The molecule has 0 aromatic carbocycles. The molecule has 1 unspecified atom stereocenters. The third-order valence-corrected chi connectivity index (χ3v) is 9.96. The van der Waals surface area contributed by atoms with Crippen molar-refractivity contribution < 1.29 is 33.5 Å². The number of ketones is 1. The molecular formula is C37H60N6O7. The Morgan fingerprint density at radius 3 is 2.26 bits per heavy atom. The summed E-state index contributed by atoms with van der Waals surface area (Å²) in [4.78, 5) is 81.7. The van der Waals surface area contributed by atoms with Gasteiger partial charge in [0.1, 0.15) is 18.7 Å². The van der Waals surface area contributed by atoms with E-state index in [1.54, 1.807) is 6.92 Å². The van der Waals surface area contributed by atoms with Gasteiger partial charge < -0.3 is 36.2 Å². The number of amides is 6. The summed E-state index contributed by atoms with van der Waals surface area (Å²) in [5.41, 5.74) is -1.08. The minimum Gasteiger partial charge on any atom is -0.447 e. The Labute approximate surface area is 298 Å². The van der Waals surface area contributed by atoms with Crippen molar-refractivity contribution in [3.63, 3.8) is 0 Å². The fraction of sp³-hybridized carbons (Fsp3) is 0.730. The van der Waals surface area contributed by atoms with Gasteiger partial charge in [0.25, 0.3) is 5.91 Å². The van der Waals surface area contributed by atoms with E-state index in [0.29, 0.717) is 25.8 Å². The van der Waals surface area contributed by atoms with Crippen molar-refractivity contribution >= 4 is 35.6 Å². The topological polar surface area (TPSA) is 175 Å². The number of carbonyl (C=O) groups excluding carboxylic acids is 6. The fourth-order valence-corrected chi connectivity index (χ4v) is 6.80. The van der Waals surface area contributed by atoms with Gasteiger partial charge in [-0.3, -0.25) is 19.2 Å². The average Bonchev–Trinajstić information content (AvgIpc) is 3.51. The van der Waals surface area contributed by atoms with Crippen LogP contribution in [0.1, 0.15) is 99.8 Å². The molecule has 1 aliphatic carbocycles. The van der Waals surface area contributed by atoms with E-state index in [2.05, 4.69) is 39.1 Å². The maximum Gasteiger partial charge on any atom is 0.407 e. The van der Waals surface area contributed by atoms with Crippen LogP contribution in [0.2, 0.25) is 0 Å². The molecule has 2 rings (SSSR count). The van der Waals surface area contributed by atoms with Crippen molar-refractivity contribution in [2.75, 3.05) is 26.2 Å². The van der Waals surface area contributed by atoms with Gasteiger partial charge in [-0.1, -0.05) is 66.9 Å². The van der Waals surface area contributed by atoms with Crippen LogP contribution in [0.15, 0.2) is 12.7 Å². The highest BCUT2D eigenvalue weighted by atomic mass is 16.5. The number of alkyl carbamates (subject to hydrolysis) is 1. The van der Waals surface area contributed by atoms with Crippen LogP contribution in [-0.2, 0) is 23.9 Å². The molecule has 2 aliphatic rings. The summed E-state index contributed by atoms with van der Waals surface area (Å²) in [5, 5.41) is 13.7. The molecule has 0 aromatic rings. The zero-order valence-corrected chi connectivity index (χ0v) is 31.1. The average molecular weight is 701 g/mol. The Bertz CT molecular complexity index is 1260. The third-order valence-electron chi connectivity index (χ3n) is 9.96. The number of hydrogen-bond donors (Lipinski definition) is 5. The minimum absolute atomic E-state index is 0.0109. The standard InChI is InChI=1S/C37H60N6O7/c1-10-13-17-26(29(44)32(46)39-21-11-2)40-31(45)28-25(24(4)5)18-22-43(28)33(47)30(37(9)19-15-14-16-20-37)42-34(48)41-27(36(6,7)8)23-50-35(49)38-12-3/h1,11,24-28,30H,2,12-23H2,3-9H3,(H,38,49)(H,39,46)(H,40,45)(H2,41,42,48)/t25-,26?,27-,28+,30-/m1/s1. The predicted molar refractivity (Wildman–Crippen MR) is 192 cm³/mol. The van der Waals surface area contributed by atoms with E-state index in [-0.39, 0.29) is 50.3 Å². The summed E-state index contributed by atoms with van der Waals surface area (Å²) in [6.07, 6.45) is 11.2. The van der Waals surface area contributed by atoms with Gasteiger partial charge in [0.2, 0.25) is 17.6 Å². The number of urea groups is 1. The largest absolute Gasteiger partial charge is 0.447 e. The van der Waals surface area contributed by atoms with Gasteiger partial charge in [-0.25, -0.2) is 9.59 Å². The lowest BCUT2D eigenvalue weighted by Gasteiger charge is -2.43. The van der Waals surface area contributed by atoms with Gasteiger partial charge >= 0.3 is 12.1 Å². The summed E-state index contributed by atoms with van der Waals surface area (Å²) in [7, 11) is 0. The smallest absolute Gasteiger partial charge is 0.407 e. The Morgan fingerprint density at radius 1 is 1.04 bits per heavy atom. The number of nitrogens with zero attached hydrogens (tertiary/aromatic N) is 1. The first-order valence-electron chi connectivity index (χ1n) is 18.0. The van der Waals surface area contributed by atoms with E-state index in [4.69, 9.17) is 11.2 Å². The molecule has 1 saturated carbocycles. The van der Waals surface area contributed by atoms with Gasteiger partial charge in [0.05, 0.1) is 12.1 Å². The first-order valence-corrected chi connectivity index (χ1v) is 18.0. The lowest BCUT2D eigenvalue weighted by atomic mass is 9.70. The van der Waals surface area contributed by atoms with Gasteiger partial charge in [-0.05, 0) is 55.3 Å². The molecule has 1 aliphatic heterocycles. The second-order valence-corrected chi connectivity index (χ2v) is 15.2. The van der Waals surface area contributed by atoms with E-state index < -0.39 is 64.7 Å². The maximum absolute atomic E-state index is 14.7. The van der Waals surface area contributed by atoms with Crippen LogP contribution < -0.4 is 26.6 Å². The van der Waals surface area contributed by atoms with Crippen LogP contribution in [0.3, 0.4) is 0 Å². The molecule has 0 radical (unpaired) electrons. The molecule has 13 nitrogen and oxygen atoms in total. The Hall–Kier alpha value is -4.08. The SMILES string of the molecule is C#CCCC(NC(=O)[C@@H]1[C@@H](C(C)C)CCN1C(=O)[C@@H](NC(=O)N[C@H](COC(=O)NCC)C(C)(C)C)C1(C)CCCCC1)C(=O)C(=O)NCC=C. The molecule has 1 saturated heterocycles. The second kappa shape index (κ2) is 19.3. The zero-order valence-electron chi connectivity index (χ0n) is 31.1. The second-order valence-electron chi connectivity index (χ2n) is 15.2. The van der Waals surface area contributed by atoms with Gasteiger partial charge in [-0.2, -0.15) is 0 Å². The first-order chi connectivity index (χ1) is 23.5. The van der Waals surface area contributed by atoms with Crippen LogP contribution in [0, 0.1) is 35.0 Å². The Morgan fingerprint density at radius 2 is 1.70 bits per heavy atom. The van der Waals surface area contributed by atoms with E-state index >= 15 is 0 Å². The summed E-state index contributed by atoms with van der Waals surface area (Å²) >= 11 is 0. The molecule has 0 aromatic heterocycles. The van der Waals surface area contributed by atoms with Crippen molar-refractivity contribution in [1.29, 1.82) is 0 Å².